The molecular weight excluding hydrogens is 316 g/mol. The first kappa shape index (κ1) is 14.0. The van der Waals surface area contributed by atoms with Gasteiger partial charge < -0.3 is 20.6 Å². The quantitative estimate of drug-likeness (QED) is 0.463. The molecule has 0 fully saturated rings. The standard InChI is InChI=1S/C19H16N4O2/c1-25-15-8-4-7-13-10(15)9-14-17(24)16(18(20)23(13)14)19-21-11-5-2-3-6-12(11)22-19/h2-8,24H,9,20H2,1H3,(H,21,22). The van der Waals surface area contributed by atoms with Gasteiger partial charge in [0, 0.05) is 12.0 Å². The van der Waals surface area contributed by atoms with Gasteiger partial charge in [-0.3, -0.25) is 4.57 Å². The van der Waals surface area contributed by atoms with E-state index >= 15 is 0 Å². The van der Waals surface area contributed by atoms with E-state index in [-0.39, 0.29) is 5.75 Å². The zero-order valence-electron chi connectivity index (χ0n) is 13.6. The van der Waals surface area contributed by atoms with Crippen LogP contribution in [0.1, 0.15) is 11.3 Å². The summed E-state index contributed by atoms with van der Waals surface area (Å²) in [5.74, 6) is 2.00. The fourth-order valence-corrected chi connectivity index (χ4v) is 3.67. The third-order valence-corrected chi connectivity index (χ3v) is 4.82. The predicted molar refractivity (Wildman–Crippen MR) is 96.3 cm³/mol. The van der Waals surface area contributed by atoms with Crippen molar-refractivity contribution in [1.82, 2.24) is 14.5 Å². The van der Waals surface area contributed by atoms with Crippen LogP contribution in [-0.4, -0.2) is 26.8 Å². The van der Waals surface area contributed by atoms with Crippen molar-refractivity contribution in [1.29, 1.82) is 0 Å². The van der Waals surface area contributed by atoms with Gasteiger partial charge in [-0.05, 0) is 24.3 Å². The molecule has 0 bridgehead atoms. The smallest absolute Gasteiger partial charge is 0.150 e. The fourth-order valence-electron chi connectivity index (χ4n) is 3.67. The largest absolute Gasteiger partial charge is 0.505 e. The Morgan fingerprint density at radius 1 is 1.20 bits per heavy atom. The highest BCUT2D eigenvalue weighted by atomic mass is 16.5. The molecule has 0 aliphatic carbocycles. The number of nitrogen functional groups attached to an aromatic ring is 1. The number of ether oxygens (including phenoxy) is 1. The van der Waals surface area contributed by atoms with Crippen LogP contribution >= 0.6 is 0 Å². The normalized spacial score (nSPS) is 12.4. The molecule has 1 aliphatic heterocycles. The zero-order chi connectivity index (χ0) is 17.1. The van der Waals surface area contributed by atoms with Crippen molar-refractivity contribution < 1.29 is 9.84 Å². The number of nitrogens with zero attached hydrogens (tertiary/aromatic N) is 2. The second-order valence-corrected chi connectivity index (χ2v) is 6.13. The van der Waals surface area contributed by atoms with Crippen LogP contribution in [0.15, 0.2) is 42.5 Å². The Morgan fingerprint density at radius 3 is 2.84 bits per heavy atom. The first-order chi connectivity index (χ1) is 12.2. The summed E-state index contributed by atoms with van der Waals surface area (Å²) >= 11 is 0. The number of rotatable bonds is 2. The molecule has 2 aromatic heterocycles. The number of nitrogens with one attached hydrogen (secondary N) is 1. The topological polar surface area (TPSA) is 89.1 Å². The van der Waals surface area contributed by atoms with Crippen molar-refractivity contribution in [2.75, 3.05) is 12.8 Å². The van der Waals surface area contributed by atoms with Crippen LogP contribution in [0.5, 0.6) is 11.5 Å². The van der Waals surface area contributed by atoms with Gasteiger partial charge in [0.15, 0.2) is 0 Å². The number of aromatic hydroxyl groups is 1. The Morgan fingerprint density at radius 2 is 2.04 bits per heavy atom. The van der Waals surface area contributed by atoms with Gasteiger partial charge in [-0.1, -0.05) is 18.2 Å². The van der Waals surface area contributed by atoms with E-state index in [4.69, 9.17) is 10.5 Å². The first-order valence-corrected chi connectivity index (χ1v) is 8.02. The van der Waals surface area contributed by atoms with Crippen LogP contribution in [0.25, 0.3) is 28.1 Å². The van der Waals surface area contributed by atoms with Gasteiger partial charge in [-0.2, -0.15) is 0 Å². The maximum Gasteiger partial charge on any atom is 0.150 e. The van der Waals surface area contributed by atoms with E-state index in [2.05, 4.69) is 9.97 Å². The van der Waals surface area contributed by atoms with Gasteiger partial charge >= 0.3 is 0 Å². The van der Waals surface area contributed by atoms with E-state index in [1.807, 2.05) is 47.0 Å². The Kier molecular flexibility index (Phi) is 2.68. The van der Waals surface area contributed by atoms with Crippen LogP contribution in [0.2, 0.25) is 0 Å². The summed E-state index contributed by atoms with van der Waals surface area (Å²) < 4.78 is 7.32. The molecule has 2 aromatic carbocycles. The Balaban J connectivity index is 1.75. The molecule has 0 saturated carbocycles. The fraction of sp³-hybridized carbons (Fsp3) is 0.105. The van der Waals surface area contributed by atoms with Crippen LogP contribution in [-0.2, 0) is 6.42 Å². The van der Waals surface area contributed by atoms with Crippen molar-refractivity contribution in [3.63, 3.8) is 0 Å². The van der Waals surface area contributed by atoms with E-state index in [1.165, 1.54) is 0 Å². The van der Waals surface area contributed by atoms with E-state index < -0.39 is 0 Å². The molecule has 0 amide bonds. The van der Waals surface area contributed by atoms with E-state index in [0.29, 0.717) is 23.6 Å². The highest BCUT2D eigenvalue weighted by Crippen LogP contribution is 2.47. The van der Waals surface area contributed by atoms with Gasteiger partial charge in [0.2, 0.25) is 0 Å². The second-order valence-electron chi connectivity index (χ2n) is 6.13. The minimum atomic E-state index is 0.162. The molecule has 25 heavy (non-hydrogen) atoms. The van der Waals surface area contributed by atoms with Crippen LogP contribution in [0.4, 0.5) is 5.82 Å². The Labute approximate surface area is 143 Å². The third kappa shape index (κ3) is 1.76. The van der Waals surface area contributed by atoms with E-state index in [9.17, 15) is 5.11 Å². The van der Waals surface area contributed by atoms with E-state index in [1.54, 1.807) is 7.11 Å². The highest BCUT2D eigenvalue weighted by molar-refractivity contribution is 5.87. The summed E-state index contributed by atoms with van der Waals surface area (Å²) in [4.78, 5) is 7.81. The number of imidazole rings is 1. The summed E-state index contributed by atoms with van der Waals surface area (Å²) in [7, 11) is 1.65. The SMILES string of the molecule is COc1cccc2c1Cc1c(O)c(-c3nc4ccccc4[nH]3)c(N)n1-2. The molecule has 0 spiro atoms. The molecule has 0 radical (unpaired) electrons. The lowest BCUT2D eigenvalue weighted by Gasteiger charge is -2.09. The Bertz CT molecular complexity index is 1110. The first-order valence-electron chi connectivity index (χ1n) is 8.02. The molecule has 0 atom stereocenters. The summed E-state index contributed by atoms with van der Waals surface area (Å²) in [5, 5.41) is 10.8. The number of fused-ring (bicyclic) bond motifs is 4. The number of anilines is 1. The number of H-pyrrole nitrogens is 1. The number of aromatic nitrogens is 3. The average molecular weight is 332 g/mol. The molecule has 4 aromatic rings. The van der Waals surface area contributed by atoms with Crippen molar-refractivity contribution in [2.24, 2.45) is 0 Å². The number of nitrogens with two attached hydrogens (primary N) is 1. The lowest BCUT2D eigenvalue weighted by molar-refractivity contribution is 0.411. The van der Waals surface area contributed by atoms with Crippen LogP contribution < -0.4 is 10.5 Å². The Hall–Kier alpha value is -3.41. The van der Waals surface area contributed by atoms with Gasteiger partial charge in [-0.25, -0.2) is 4.98 Å². The molecule has 4 N–H and O–H groups in total. The van der Waals surface area contributed by atoms with Crippen molar-refractivity contribution >= 4 is 16.9 Å². The minimum absolute atomic E-state index is 0.162. The summed E-state index contributed by atoms with van der Waals surface area (Å²) in [5.41, 5.74) is 11.4. The molecule has 0 unspecified atom stereocenters. The highest BCUT2D eigenvalue weighted by Gasteiger charge is 2.31. The van der Waals surface area contributed by atoms with Gasteiger partial charge in [-0.15, -0.1) is 0 Å². The monoisotopic (exact) mass is 332 g/mol. The molecule has 124 valence electrons. The number of aromatic amines is 1. The number of hydrogen-bond acceptors (Lipinski definition) is 4. The lowest BCUT2D eigenvalue weighted by atomic mass is 10.1. The predicted octanol–water partition coefficient (Wildman–Crippen LogP) is 3.22. The van der Waals surface area contributed by atoms with Crippen molar-refractivity contribution in [3.8, 4) is 28.6 Å². The average Bonchev–Trinajstić information content (AvgIpc) is 3.27. The van der Waals surface area contributed by atoms with Crippen LogP contribution in [0, 0.1) is 0 Å². The summed E-state index contributed by atoms with van der Waals surface area (Å²) in [6, 6.07) is 13.6. The molecule has 0 saturated heterocycles. The van der Waals surface area contributed by atoms with Crippen molar-refractivity contribution in [2.45, 2.75) is 6.42 Å². The number of para-hydroxylation sites is 2. The summed E-state index contributed by atoms with van der Waals surface area (Å²) in [6.07, 6.45) is 0.565. The molecule has 6 heteroatoms. The van der Waals surface area contributed by atoms with Gasteiger partial charge in [0.1, 0.15) is 28.7 Å². The van der Waals surface area contributed by atoms with Crippen molar-refractivity contribution in [3.05, 3.63) is 53.7 Å². The number of hydrogen-bond donors (Lipinski definition) is 3. The van der Waals surface area contributed by atoms with E-state index in [0.717, 1.165) is 33.7 Å². The second kappa shape index (κ2) is 4.80. The minimum Gasteiger partial charge on any atom is -0.505 e. The maximum atomic E-state index is 10.8. The zero-order valence-corrected chi connectivity index (χ0v) is 13.6. The van der Waals surface area contributed by atoms with Crippen LogP contribution in [0.3, 0.4) is 0 Å². The summed E-state index contributed by atoms with van der Waals surface area (Å²) in [6.45, 7) is 0. The molecule has 6 nitrogen and oxygen atoms in total. The molecular formula is C19H16N4O2. The van der Waals surface area contributed by atoms with Gasteiger partial charge in [0.25, 0.3) is 0 Å². The number of methoxy groups -OCH3 is 1. The molecule has 3 heterocycles. The number of benzene rings is 2. The lowest BCUT2D eigenvalue weighted by Crippen LogP contribution is -2.00. The third-order valence-electron chi connectivity index (χ3n) is 4.82. The van der Waals surface area contributed by atoms with Gasteiger partial charge in [0.05, 0.1) is 29.5 Å². The molecule has 5 rings (SSSR count). The molecule has 1 aliphatic rings. The maximum absolute atomic E-state index is 10.8.